The van der Waals surface area contributed by atoms with Crippen molar-refractivity contribution in [2.24, 2.45) is 0 Å². The van der Waals surface area contributed by atoms with E-state index >= 15 is 0 Å². The molecular weight excluding hydrogens is 364 g/mol. The second kappa shape index (κ2) is 6.42. The topological polar surface area (TPSA) is 108 Å². The Labute approximate surface area is 155 Å². The van der Waals surface area contributed by atoms with Gasteiger partial charge in [-0.3, -0.25) is 0 Å². The maximum absolute atomic E-state index is 12.5. The van der Waals surface area contributed by atoms with Crippen LogP contribution in [0.3, 0.4) is 0 Å². The number of rotatable bonds is 3. The van der Waals surface area contributed by atoms with Crippen LogP contribution in [0.4, 0.5) is 4.79 Å². The molecule has 10 heteroatoms. The van der Waals surface area contributed by atoms with Crippen molar-refractivity contribution in [2.45, 2.75) is 70.0 Å². The monoisotopic (exact) mass is 386 g/mol. The van der Waals surface area contributed by atoms with E-state index in [-0.39, 0.29) is 18.8 Å². The molecule has 1 unspecified atom stereocenters. The van der Waals surface area contributed by atoms with Gasteiger partial charge in [-0.1, -0.05) is 0 Å². The lowest BCUT2D eigenvalue weighted by molar-refractivity contribution is -0.235. The summed E-state index contributed by atoms with van der Waals surface area (Å²) in [4.78, 5) is 23.5. The lowest BCUT2D eigenvalue weighted by Gasteiger charge is -2.29. The van der Waals surface area contributed by atoms with Crippen molar-refractivity contribution in [3.63, 3.8) is 0 Å². The van der Waals surface area contributed by atoms with Crippen molar-refractivity contribution >= 4 is 12.1 Å². The molecule has 0 amide bonds. The zero-order valence-electron chi connectivity index (χ0n) is 15.5. The van der Waals surface area contributed by atoms with Gasteiger partial charge in [0.15, 0.2) is 30.1 Å². The molecule has 4 aliphatic rings. The van der Waals surface area contributed by atoms with Crippen LogP contribution in [-0.2, 0) is 42.7 Å². The number of hydrogen-bond acceptors (Lipinski definition) is 10. The van der Waals surface area contributed by atoms with E-state index in [0.29, 0.717) is 0 Å². The van der Waals surface area contributed by atoms with E-state index in [1.165, 1.54) is 0 Å². The van der Waals surface area contributed by atoms with E-state index in [1.54, 1.807) is 27.7 Å². The predicted octanol–water partition coefficient (Wildman–Crippen LogP) is 0.977. The molecule has 10 nitrogen and oxygen atoms in total. The van der Waals surface area contributed by atoms with Crippen molar-refractivity contribution in [3.05, 3.63) is 11.8 Å². The lowest BCUT2D eigenvalue weighted by atomic mass is 10.1. The third-order valence-electron chi connectivity index (χ3n) is 4.57. The molecule has 0 N–H and O–H groups in total. The van der Waals surface area contributed by atoms with Crippen LogP contribution in [-0.4, -0.2) is 67.6 Å². The summed E-state index contributed by atoms with van der Waals surface area (Å²) in [7, 11) is 0. The summed E-state index contributed by atoms with van der Waals surface area (Å²) >= 11 is 0. The fraction of sp³-hybridized carbons (Fsp3) is 0.765. The third-order valence-corrected chi connectivity index (χ3v) is 4.57. The zero-order chi connectivity index (χ0) is 19.4. The third kappa shape index (κ3) is 3.67. The number of ether oxygens (including phenoxy) is 8. The molecule has 0 saturated carbocycles. The molecule has 4 aliphatic heterocycles. The van der Waals surface area contributed by atoms with Gasteiger partial charge in [0.25, 0.3) is 0 Å². The standard InChI is InChI=1S/C17H22O10/c1-16(2)22-7-9(25-16)10-11(12-14(24-10)27-17(3,4)26-12)23-13(18)8-5-20-15(19)21-6-8/h5,9-12,14H,6-7H2,1-4H3/t9?,10-,11+,12+,14+/m1/s1. The predicted molar refractivity (Wildman–Crippen MR) is 84.0 cm³/mol. The number of carbonyl (C=O) groups excluding carboxylic acids is 2. The SMILES string of the molecule is CC1(C)OCC([C@H]2O[C@H]3OC(C)(C)O[C@H]3[C@H]2OC(=O)C2=COC(=O)OC2)O1. The van der Waals surface area contributed by atoms with E-state index in [2.05, 4.69) is 9.47 Å². The molecule has 0 radical (unpaired) electrons. The minimum Gasteiger partial charge on any atom is -0.453 e. The van der Waals surface area contributed by atoms with E-state index < -0.39 is 54.4 Å². The first-order chi connectivity index (χ1) is 12.6. The number of cyclic esters (lactones) is 2. The highest BCUT2D eigenvalue weighted by molar-refractivity contribution is 5.89. The van der Waals surface area contributed by atoms with Gasteiger partial charge >= 0.3 is 12.1 Å². The van der Waals surface area contributed by atoms with Crippen LogP contribution in [0.2, 0.25) is 0 Å². The van der Waals surface area contributed by atoms with Crippen LogP contribution in [0.5, 0.6) is 0 Å². The highest BCUT2D eigenvalue weighted by Gasteiger charge is 2.60. The molecule has 4 heterocycles. The van der Waals surface area contributed by atoms with E-state index in [0.717, 1.165) is 6.26 Å². The Morgan fingerprint density at radius 3 is 2.52 bits per heavy atom. The first-order valence-corrected chi connectivity index (χ1v) is 8.70. The molecule has 0 aromatic carbocycles. The quantitative estimate of drug-likeness (QED) is 0.651. The van der Waals surface area contributed by atoms with Crippen LogP contribution in [0.15, 0.2) is 11.8 Å². The smallest absolute Gasteiger partial charge is 0.453 e. The Hall–Kier alpha value is -1.72. The minimum absolute atomic E-state index is 0.0684. The number of carbonyl (C=O) groups is 2. The van der Waals surface area contributed by atoms with Crippen LogP contribution in [0.1, 0.15) is 27.7 Å². The molecule has 0 spiro atoms. The molecule has 150 valence electrons. The summed E-state index contributed by atoms with van der Waals surface area (Å²) < 4.78 is 44.0. The highest BCUT2D eigenvalue weighted by Crippen LogP contribution is 2.42. The van der Waals surface area contributed by atoms with Gasteiger partial charge in [0.05, 0.1) is 6.61 Å². The highest BCUT2D eigenvalue weighted by atomic mass is 16.9. The summed E-state index contributed by atoms with van der Waals surface area (Å²) in [5, 5.41) is 0. The van der Waals surface area contributed by atoms with Gasteiger partial charge in [0.1, 0.15) is 30.6 Å². The summed E-state index contributed by atoms with van der Waals surface area (Å²) in [5.41, 5.74) is 0.0684. The maximum Gasteiger partial charge on any atom is 0.513 e. The molecule has 4 rings (SSSR count). The van der Waals surface area contributed by atoms with Crippen molar-refractivity contribution in [2.75, 3.05) is 13.2 Å². The molecule has 0 aromatic heterocycles. The maximum atomic E-state index is 12.5. The molecular formula is C17H22O10. The number of fused-ring (bicyclic) bond motifs is 1. The first kappa shape index (κ1) is 18.6. The summed E-state index contributed by atoms with van der Waals surface area (Å²) in [6.45, 7) is 7.12. The normalized spacial score (nSPS) is 39.3. The first-order valence-electron chi connectivity index (χ1n) is 8.70. The number of hydrogen-bond donors (Lipinski definition) is 0. The largest absolute Gasteiger partial charge is 0.513 e. The van der Waals surface area contributed by atoms with Gasteiger partial charge in [-0.25, -0.2) is 9.59 Å². The van der Waals surface area contributed by atoms with Gasteiger partial charge in [0.2, 0.25) is 0 Å². The van der Waals surface area contributed by atoms with Crippen molar-refractivity contribution in [1.29, 1.82) is 0 Å². The Kier molecular flexibility index (Phi) is 4.43. The number of esters is 1. The summed E-state index contributed by atoms with van der Waals surface area (Å²) in [6.07, 6.45) is -3.10. The van der Waals surface area contributed by atoms with Crippen molar-refractivity contribution in [3.8, 4) is 0 Å². The average Bonchev–Trinajstić information content (AvgIpc) is 3.18. The second-order valence-corrected chi connectivity index (χ2v) is 7.61. The average molecular weight is 386 g/mol. The molecule has 0 aromatic rings. The fourth-order valence-electron chi connectivity index (χ4n) is 3.45. The zero-order valence-corrected chi connectivity index (χ0v) is 15.5. The molecule has 3 saturated heterocycles. The minimum atomic E-state index is -0.875. The van der Waals surface area contributed by atoms with Crippen LogP contribution in [0.25, 0.3) is 0 Å². The van der Waals surface area contributed by atoms with E-state index in [1.807, 2.05) is 0 Å². The molecule has 0 aliphatic carbocycles. The lowest BCUT2D eigenvalue weighted by Crippen LogP contribution is -2.45. The molecule has 0 bridgehead atoms. The van der Waals surface area contributed by atoms with E-state index in [4.69, 9.17) is 28.4 Å². The summed E-state index contributed by atoms with van der Waals surface area (Å²) in [6, 6.07) is 0. The summed E-state index contributed by atoms with van der Waals surface area (Å²) in [5.74, 6) is -2.34. The van der Waals surface area contributed by atoms with Gasteiger partial charge in [-0.15, -0.1) is 0 Å². The molecule has 3 fully saturated rings. The second-order valence-electron chi connectivity index (χ2n) is 7.61. The Morgan fingerprint density at radius 1 is 1.11 bits per heavy atom. The van der Waals surface area contributed by atoms with E-state index in [9.17, 15) is 9.59 Å². The van der Waals surface area contributed by atoms with Gasteiger partial charge < -0.3 is 37.9 Å². The van der Waals surface area contributed by atoms with Gasteiger partial charge in [0, 0.05) is 0 Å². The van der Waals surface area contributed by atoms with Crippen molar-refractivity contribution in [1.82, 2.24) is 0 Å². The van der Waals surface area contributed by atoms with Gasteiger partial charge in [-0.2, -0.15) is 0 Å². The van der Waals surface area contributed by atoms with Crippen LogP contribution in [0, 0.1) is 0 Å². The fourth-order valence-corrected chi connectivity index (χ4v) is 3.45. The Balaban J connectivity index is 1.52. The van der Waals surface area contributed by atoms with Crippen LogP contribution >= 0.6 is 0 Å². The van der Waals surface area contributed by atoms with Crippen LogP contribution < -0.4 is 0 Å². The van der Waals surface area contributed by atoms with Crippen molar-refractivity contribution < 1.29 is 47.5 Å². The van der Waals surface area contributed by atoms with Gasteiger partial charge in [-0.05, 0) is 27.7 Å². The Morgan fingerprint density at radius 2 is 1.89 bits per heavy atom. The molecule has 5 atom stereocenters. The molecule has 27 heavy (non-hydrogen) atoms. The Bertz CT molecular complexity index is 669.